The highest BCUT2D eigenvalue weighted by atomic mass is 16.4. The van der Waals surface area contributed by atoms with Crippen LogP contribution in [0.3, 0.4) is 0 Å². The average molecular weight is 262 g/mol. The average Bonchev–Trinajstić information content (AvgIpc) is 2.36. The number of carboxylic acids is 1. The first-order valence-corrected chi connectivity index (χ1v) is 7.35. The van der Waals surface area contributed by atoms with Crippen LogP contribution < -0.4 is 0 Å². The summed E-state index contributed by atoms with van der Waals surface area (Å²) in [6, 6.07) is 7.41. The molecule has 1 atom stereocenters. The first-order valence-electron chi connectivity index (χ1n) is 7.35. The summed E-state index contributed by atoms with van der Waals surface area (Å²) >= 11 is 0. The smallest absolute Gasteiger partial charge is 0.335 e. The Bertz CT molecular complexity index is 396. The Morgan fingerprint density at radius 1 is 1.16 bits per heavy atom. The third kappa shape index (κ3) is 5.46. The van der Waals surface area contributed by atoms with Crippen molar-refractivity contribution >= 4 is 5.97 Å². The van der Waals surface area contributed by atoms with Crippen LogP contribution in [0.25, 0.3) is 0 Å². The van der Waals surface area contributed by atoms with E-state index in [9.17, 15) is 9.90 Å². The summed E-state index contributed by atoms with van der Waals surface area (Å²) in [5.74, 6) is 0.511. The molecule has 0 aromatic heterocycles. The van der Waals surface area contributed by atoms with Crippen molar-refractivity contribution in [2.75, 3.05) is 0 Å². The minimum Gasteiger partial charge on any atom is -0.478 e. The first kappa shape index (κ1) is 15.7. The predicted octanol–water partition coefficient (Wildman–Crippen LogP) is 4.78. The Hall–Kier alpha value is -1.31. The number of hydrogen-bond donors (Lipinski definition) is 1. The molecule has 0 aliphatic carbocycles. The summed E-state index contributed by atoms with van der Waals surface area (Å²) in [4.78, 5) is 11.2. The summed E-state index contributed by atoms with van der Waals surface area (Å²) in [6.45, 7) is 6.69. The zero-order valence-electron chi connectivity index (χ0n) is 12.4. The van der Waals surface area contributed by atoms with Gasteiger partial charge in [0.15, 0.2) is 0 Å². The number of hydrogen-bond acceptors (Lipinski definition) is 1. The maximum atomic E-state index is 11.2. The fourth-order valence-corrected chi connectivity index (χ4v) is 2.54. The molecule has 1 aromatic rings. The summed E-state index contributed by atoms with van der Waals surface area (Å²) in [6.07, 6.45) is 5.65. The molecule has 1 rings (SSSR count). The second kappa shape index (κ2) is 7.98. The zero-order chi connectivity index (χ0) is 14.3. The molecule has 0 spiro atoms. The molecule has 0 fully saturated rings. The summed E-state index contributed by atoms with van der Waals surface area (Å²) in [5.41, 5.74) is 1.45. The maximum Gasteiger partial charge on any atom is 0.335 e. The van der Waals surface area contributed by atoms with Crippen LogP contribution in [0.1, 0.15) is 62.4 Å². The Balaban J connectivity index is 2.75. The first-order chi connectivity index (χ1) is 9.04. The van der Waals surface area contributed by atoms with Crippen LogP contribution >= 0.6 is 0 Å². The van der Waals surface area contributed by atoms with Crippen LogP contribution in [0.5, 0.6) is 0 Å². The molecule has 0 amide bonds. The Morgan fingerprint density at radius 2 is 1.84 bits per heavy atom. The molecule has 2 nitrogen and oxygen atoms in total. The quantitative estimate of drug-likeness (QED) is 0.732. The Morgan fingerprint density at radius 3 is 2.42 bits per heavy atom. The van der Waals surface area contributed by atoms with Crippen molar-refractivity contribution in [3.63, 3.8) is 0 Å². The Labute approximate surface area is 116 Å². The highest BCUT2D eigenvalue weighted by molar-refractivity contribution is 5.89. The Kier molecular flexibility index (Phi) is 6.61. The standard InChI is InChI=1S/C17H26O2/c1-4-7-14(11-10-13(2)3)12-15-8-5-6-9-16(15)17(18)19/h5-6,8-9,13-14H,4,7,10-12H2,1-3H3,(H,18,19). The van der Waals surface area contributed by atoms with Gasteiger partial charge in [-0.3, -0.25) is 0 Å². The fourth-order valence-electron chi connectivity index (χ4n) is 2.54. The van der Waals surface area contributed by atoms with Gasteiger partial charge in [0, 0.05) is 0 Å². The van der Waals surface area contributed by atoms with Crippen molar-refractivity contribution in [3.05, 3.63) is 35.4 Å². The van der Waals surface area contributed by atoms with E-state index in [1.807, 2.05) is 12.1 Å². The van der Waals surface area contributed by atoms with Gasteiger partial charge in [0.05, 0.1) is 5.56 Å². The van der Waals surface area contributed by atoms with E-state index in [1.165, 1.54) is 19.3 Å². The van der Waals surface area contributed by atoms with Gasteiger partial charge in [-0.15, -0.1) is 0 Å². The fraction of sp³-hybridized carbons (Fsp3) is 0.588. The lowest BCUT2D eigenvalue weighted by Crippen LogP contribution is -2.10. The van der Waals surface area contributed by atoms with Gasteiger partial charge >= 0.3 is 5.97 Å². The van der Waals surface area contributed by atoms with E-state index in [4.69, 9.17) is 0 Å². The highest BCUT2D eigenvalue weighted by Gasteiger charge is 2.15. The molecule has 106 valence electrons. The van der Waals surface area contributed by atoms with E-state index in [0.29, 0.717) is 17.4 Å². The van der Waals surface area contributed by atoms with Gasteiger partial charge in [-0.25, -0.2) is 4.79 Å². The molecule has 0 saturated carbocycles. The molecule has 0 heterocycles. The maximum absolute atomic E-state index is 11.2. The van der Waals surface area contributed by atoms with Crippen molar-refractivity contribution in [1.29, 1.82) is 0 Å². The molecule has 0 bridgehead atoms. The van der Waals surface area contributed by atoms with Gasteiger partial charge in [-0.1, -0.05) is 58.2 Å². The monoisotopic (exact) mass is 262 g/mol. The number of carboxylic acid groups (broad SMARTS) is 1. The number of rotatable bonds is 8. The third-order valence-corrected chi connectivity index (χ3v) is 3.61. The van der Waals surface area contributed by atoms with Gasteiger partial charge in [0.1, 0.15) is 0 Å². The third-order valence-electron chi connectivity index (χ3n) is 3.61. The molecule has 1 aromatic carbocycles. The molecular weight excluding hydrogens is 236 g/mol. The van der Waals surface area contributed by atoms with Crippen LogP contribution in [0, 0.1) is 11.8 Å². The normalized spacial score (nSPS) is 12.6. The molecule has 0 saturated heterocycles. The minimum absolute atomic E-state index is 0.466. The molecule has 1 N–H and O–H groups in total. The van der Waals surface area contributed by atoms with E-state index in [0.717, 1.165) is 18.4 Å². The van der Waals surface area contributed by atoms with Crippen molar-refractivity contribution in [1.82, 2.24) is 0 Å². The molecule has 0 aliphatic heterocycles. The van der Waals surface area contributed by atoms with Crippen molar-refractivity contribution in [3.8, 4) is 0 Å². The van der Waals surface area contributed by atoms with Crippen LogP contribution in [-0.4, -0.2) is 11.1 Å². The second-order valence-electron chi connectivity index (χ2n) is 5.79. The summed E-state index contributed by atoms with van der Waals surface area (Å²) in [7, 11) is 0. The van der Waals surface area contributed by atoms with E-state index < -0.39 is 5.97 Å². The molecule has 2 heteroatoms. The molecular formula is C17H26O2. The van der Waals surface area contributed by atoms with Crippen LogP contribution in [0.4, 0.5) is 0 Å². The SMILES string of the molecule is CCCC(CCC(C)C)Cc1ccccc1C(=O)O. The van der Waals surface area contributed by atoms with Crippen molar-refractivity contribution in [2.24, 2.45) is 11.8 Å². The van der Waals surface area contributed by atoms with Gasteiger partial charge in [0.2, 0.25) is 0 Å². The molecule has 1 unspecified atom stereocenters. The zero-order valence-corrected chi connectivity index (χ0v) is 12.4. The molecule has 19 heavy (non-hydrogen) atoms. The van der Waals surface area contributed by atoms with Crippen LogP contribution in [0.15, 0.2) is 24.3 Å². The predicted molar refractivity (Wildman–Crippen MR) is 79.6 cm³/mol. The van der Waals surface area contributed by atoms with Crippen LogP contribution in [0.2, 0.25) is 0 Å². The highest BCUT2D eigenvalue weighted by Crippen LogP contribution is 2.23. The van der Waals surface area contributed by atoms with E-state index in [1.54, 1.807) is 12.1 Å². The largest absolute Gasteiger partial charge is 0.478 e. The topological polar surface area (TPSA) is 37.3 Å². The van der Waals surface area contributed by atoms with Crippen molar-refractivity contribution < 1.29 is 9.90 Å². The minimum atomic E-state index is -0.810. The molecule has 0 radical (unpaired) electrons. The number of carbonyl (C=O) groups is 1. The van der Waals surface area contributed by atoms with E-state index in [2.05, 4.69) is 20.8 Å². The van der Waals surface area contributed by atoms with E-state index >= 15 is 0 Å². The number of aromatic carboxylic acids is 1. The summed E-state index contributed by atoms with van der Waals surface area (Å²) < 4.78 is 0. The summed E-state index contributed by atoms with van der Waals surface area (Å²) in [5, 5.41) is 9.23. The van der Waals surface area contributed by atoms with E-state index in [-0.39, 0.29) is 0 Å². The van der Waals surface area contributed by atoms with Gasteiger partial charge in [-0.05, 0) is 36.3 Å². The second-order valence-corrected chi connectivity index (χ2v) is 5.79. The lowest BCUT2D eigenvalue weighted by atomic mass is 9.87. The lowest BCUT2D eigenvalue weighted by molar-refractivity contribution is 0.0695. The van der Waals surface area contributed by atoms with Gasteiger partial charge in [0.25, 0.3) is 0 Å². The van der Waals surface area contributed by atoms with Crippen molar-refractivity contribution in [2.45, 2.75) is 52.9 Å². The van der Waals surface area contributed by atoms with Crippen LogP contribution in [-0.2, 0) is 6.42 Å². The molecule has 0 aliphatic rings. The van der Waals surface area contributed by atoms with Gasteiger partial charge in [-0.2, -0.15) is 0 Å². The lowest BCUT2D eigenvalue weighted by Gasteiger charge is -2.18. The number of benzene rings is 1. The van der Waals surface area contributed by atoms with Gasteiger partial charge < -0.3 is 5.11 Å².